The van der Waals surface area contributed by atoms with Gasteiger partial charge in [0, 0.05) is 0 Å². The molecule has 0 aromatic carbocycles. The van der Waals surface area contributed by atoms with Crippen molar-refractivity contribution in [3.8, 4) is 0 Å². The molecule has 1 rings (SSSR count). The van der Waals surface area contributed by atoms with Gasteiger partial charge in [0.15, 0.2) is 0 Å². The Hall–Kier alpha value is 0.170. The summed E-state index contributed by atoms with van der Waals surface area (Å²) in [4.78, 5) is 0. The van der Waals surface area contributed by atoms with Crippen LogP contribution in [0.3, 0.4) is 0 Å². The number of hydrogen-bond acceptors (Lipinski definition) is 0. The minimum atomic E-state index is 0.206. The van der Waals surface area contributed by atoms with E-state index in [0.717, 1.165) is 5.92 Å². The zero-order valence-corrected chi connectivity index (χ0v) is 13.8. The Morgan fingerprint density at radius 2 is 1.56 bits per heavy atom. The quantitative estimate of drug-likeness (QED) is 0.438. The predicted molar refractivity (Wildman–Crippen MR) is 86.8 cm³/mol. The molecule has 0 amide bonds. The molecule has 0 atom stereocenters. The lowest BCUT2D eigenvalue weighted by Gasteiger charge is -2.24. The van der Waals surface area contributed by atoms with Crippen LogP contribution in [-0.4, -0.2) is 12.3 Å². The summed E-state index contributed by atoms with van der Waals surface area (Å²) >= 11 is 0. The van der Waals surface area contributed by atoms with Gasteiger partial charge in [0.2, 0.25) is 0 Å². The highest BCUT2D eigenvalue weighted by Crippen LogP contribution is 2.49. The molecular weight excluding hydrogens is 235 g/mol. The van der Waals surface area contributed by atoms with Crippen molar-refractivity contribution >= 4 is 7.92 Å². The summed E-state index contributed by atoms with van der Waals surface area (Å²) in [6, 6.07) is 0. The van der Waals surface area contributed by atoms with Gasteiger partial charge in [-0.2, -0.15) is 0 Å². The third kappa shape index (κ3) is 5.87. The molecule has 1 fully saturated rings. The summed E-state index contributed by atoms with van der Waals surface area (Å²) in [7, 11) is 0.206. The SMILES string of the molecule is CCCC(=CC1CCCCC1)P(CCC)CCC. The molecule has 0 heterocycles. The smallest absolute Gasteiger partial charge is 0.0227 e. The van der Waals surface area contributed by atoms with Crippen molar-refractivity contribution in [2.75, 3.05) is 12.3 Å². The molecule has 106 valence electrons. The molecule has 1 heteroatoms. The van der Waals surface area contributed by atoms with Gasteiger partial charge < -0.3 is 0 Å². The van der Waals surface area contributed by atoms with Crippen LogP contribution in [0.15, 0.2) is 11.4 Å². The fraction of sp³-hybridized carbons (Fsp3) is 0.882. The predicted octanol–water partition coefficient (Wildman–Crippen LogP) is 6.55. The Morgan fingerprint density at radius 3 is 2.06 bits per heavy atom. The molecule has 1 aliphatic rings. The molecule has 0 nitrogen and oxygen atoms in total. The molecule has 0 unspecified atom stereocenters. The average Bonchev–Trinajstić information content (AvgIpc) is 2.39. The average molecular weight is 268 g/mol. The summed E-state index contributed by atoms with van der Waals surface area (Å²) in [5, 5.41) is 1.88. The zero-order chi connectivity index (χ0) is 13.2. The Kier molecular flexibility index (Phi) is 9.03. The summed E-state index contributed by atoms with van der Waals surface area (Å²) in [6.45, 7) is 7.06. The minimum absolute atomic E-state index is 0.206. The Morgan fingerprint density at radius 1 is 0.944 bits per heavy atom. The van der Waals surface area contributed by atoms with E-state index in [-0.39, 0.29) is 7.92 Å². The van der Waals surface area contributed by atoms with Gasteiger partial charge in [-0.25, -0.2) is 0 Å². The van der Waals surface area contributed by atoms with Gasteiger partial charge in [-0.1, -0.05) is 73.3 Å². The van der Waals surface area contributed by atoms with Crippen molar-refractivity contribution in [1.29, 1.82) is 0 Å². The fourth-order valence-corrected chi connectivity index (χ4v) is 5.95. The van der Waals surface area contributed by atoms with Gasteiger partial charge in [0.1, 0.15) is 0 Å². The molecule has 0 N–H and O–H groups in total. The normalized spacial score (nSPS) is 18.6. The lowest BCUT2D eigenvalue weighted by molar-refractivity contribution is 0.418. The first kappa shape index (κ1) is 16.2. The van der Waals surface area contributed by atoms with Crippen LogP contribution in [0.4, 0.5) is 0 Å². The largest absolute Gasteiger partial charge is 0.0801 e. The second kappa shape index (κ2) is 10.0. The Bertz CT molecular complexity index is 220. The van der Waals surface area contributed by atoms with E-state index in [2.05, 4.69) is 26.8 Å². The zero-order valence-electron chi connectivity index (χ0n) is 12.9. The second-order valence-electron chi connectivity index (χ2n) is 5.79. The molecule has 18 heavy (non-hydrogen) atoms. The van der Waals surface area contributed by atoms with Crippen LogP contribution in [0.25, 0.3) is 0 Å². The van der Waals surface area contributed by atoms with Crippen molar-refractivity contribution in [1.82, 2.24) is 0 Å². The molecule has 0 aromatic rings. The van der Waals surface area contributed by atoms with Gasteiger partial charge >= 0.3 is 0 Å². The van der Waals surface area contributed by atoms with E-state index in [9.17, 15) is 0 Å². The second-order valence-corrected chi connectivity index (χ2v) is 8.34. The fourth-order valence-electron chi connectivity index (χ4n) is 3.11. The maximum atomic E-state index is 2.74. The molecule has 0 saturated heterocycles. The minimum Gasteiger partial charge on any atom is -0.0801 e. The molecule has 0 bridgehead atoms. The Balaban J connectivity index is 2.66. The van der Waals surface area contributed by atoms with Crippen molar-refractivity contribution in [3.63, 3.8) is 0 Å². The van der Waals surface area contributed by atoms with E-state index in [0.29, 0.717) is 0 Å². The molecule has 1 aliphatic carbocycles. The molecule has 0 spiro atoms. The summed E-state index contributed by atoms with van der Waals surface area (Å²) in [5.41, 5.74) is 0. The summed E-state index contributed by atoms with van der Waals surface area (Å²) < 4.78 is 0. The van der Waals surface area contributed by atoms with Crippen molar-refractivity contribution in [3.05, 3.63) is 11.4 Å². The van der Waals surface area contributed by atoms with Gasteiger partial charge in [0.25, 0.3) is 0 Å². The first-order chi connectivity index (χ1) is 8.81. The third-order valence-electron chi connectivity index (χ3n) is 3.98. The van der Waals surface area contributed by atoms with Crippen LogP contribution in [0, 0.1) is 5.92 Å². The molecule has 1 saturated carbocycles. The van der Waals surface area contributed by atoms with Crippen LogP contribution < -0.4 is 0 Å². The van der Waals surface area contributed by atoms with Gasteiger partial charge in [-0.05, 0) is 42.8 Å². The van der Waals surface area contributed by atoms with E-state index in [1.807, 2.05) is 5.31 Å². The highest BCUT2D eigenvalue weighted by Gasteiger charge is 2.16. The van der Waals surface area contributed by atoms with E-state index < -0.39 is 0 Å². The number of rotatable bonds is 8. The van der Waals surface area contributed by atoms with Crippen molar-refractivity contribution in [2.45, 2.75) is 78.6 Å². The Labute approximate surface area is 116 Å². The number of allylic oxidation sites excluding steroid dienone is 2. The van der Waals surface area contributed by atoms with Gasteiger partial charge in [0.05, 0.1) is 0 Å². The van der Waals surface area contributed by atoms with Gasteiger partial charge in [-0.3, -0.25) is 0 Å². The van der Waals surface area contributed by atoms with Crippen LogP contribution in [0.2, 0.25) is 0 Å². The van der Waals surface area contributed by atoms with E-state index in [1.165, 1.54) is 70.1 Å². The molecule has 0 aromatic heterocycles. The monoisotopic (exact) mass is 268 g/mol. The molecule has 0 aliphatic heterocycles. The highest BCUT2D eigenvalue weighted by atomic mass is 31.1. The lowest BCUT2D eigenvalue weighted by atomic mass is 9.89. The van der Waals surface area contributed by atoms with Crippen LogP contribution in [0.1, 0.15) is 78.6 Å². The van der Waals surface area contributed by atoms with E-state index in [1.54, 1.807) is 0 Å². The maximum absolute atomic E-state index is 2.74. The van der Waals surface area contributed by atoms with Crippen molar-refractivity contribution in [2.24, 2.45) is 5.92 Å². The first-order valence-corrected chi connectivity index (χ1v) is 9.98. The highest BCUT2D eigenvalue weighted by molar-refractivity contribution is 7.62. The number of hydrogen-bond donors (Lipinski definition) is 0. The lowest BCUT2D eigenvalue weighted by Crippen LogP contribution is -2.05. The van der Waals surface area contributed by atoms with Crippen LogP contribution >= 0.6 is 7.92 Å². The first-order valence-electron chi connectivity index (χ1n) is 8.27. The van der Waals surface area contributed by atoms with E-state index in [4.69, 9.17) is 0 Å². The summed E-state index contributed by atoms with van der Waals surface area (Å²) in [6.07, 6.45) is 18.5. The van der Waals surface area contributed by atoms with Crippen LogP contribution in [0.5, 0.6) is 0 Å². The molecular formula is C17H33P. The van der Waals surface area contributed by atoms with Crippen molar-refractivity contribution < 1.29 is 0 Å². The maximum Gasteiger partial charge on any atom is -0.0227 e. The molecule has 0 radical (unpaired) electrons. The summed E-state index contributed by atoms with van der Waals surface area (Å²) in [5.74, 6) is 0.930. The topological polar surface area (TPSA) is 0 Å². The third-order valence-corrected chi connectivity index (χ3v) is 7.14. The van der Waals surface area contributed by atoms with Gasteiger partial charge in [-0.15, -0.1) is 0 Å². The van der Waals surface area contributed by atoms with Crippen LogP contribution in [-0.2, 0) is 0 Å². The standard InChI is InChI=1S/C17H33P/c1-4-10-17(18(13-5-2)14-6-3)15-16-11-8-7-9-12-16/h15-16H,4-14H2,1-3H3. The van der Waals surface area contributed by atoms with E-state index >= 15 is 0 Å².